The van der Waals surface area contributed by atoms with Gasteiger partial charge in [0.2, 0.25) is 0 Å². The molecule has 0 radical (unpaired) electrons. The van der Waals surface area contributed by atoms with Crippen LogP contribution in [0.15, 0.2) is 30.3 Å². The van der Waals surface area contributed by atoms with Crippen molar-refractivity contribution in [3.63, 3.8) is 0 Å². The molecule has 2 rings (SSSR count). The smallest absolute Gasteiger partial charge is 0.191 e. The van der Waals surface area contributed by atoms with Gasteiger partial charge in [0, 0.05) is 25.1 Å². The Labute approximate surface area is 106 Å². The summed E-state index contributed by atoms with van der Waals surface area (Å²) < 4.78 is 0. The van der Waals surface area contributed by atoms with Crippen molar-refractivity contribution in [1.82, 2.24) is 0 Å². The molecule has 96 valence electrons. The number of carbonyl (C=O) groups excluding carboxylic acids is 2. The largest absolute Gasteiger partial charge is 0.388 e. The van der Waals surface area contributed by atoms with Gasteiger partial charge in [-0.25, -0.2) is 0 Å². The van der Waals surface area contributed by atoms with E-state index in [1.807, 2.05) is 37.3 Å². The van der Waals surface area contributed by atoms with Crippen LogP contribution in [0.25, 0.3) is 0 Å². The molecule has 0 spiro atoms. The molecular formula is C14H17NO3. The Morgan fingerprint density at radius 2 is 2.06 bits per heavy atom. The second-order valence-electron chi connectivity index (χ2n) is 4.77. The molecule has 4 nitrogen and oxygen atoms in total. The molecular weight excluding hydrogens is 230 g/mol. The Kier molecular flexibility index (Phi) is 3.22. The number of benzene rings is 1. The van der Waals surface area contributed by atoms with Gasteiger partial charge >= 0.3 is 0 Å². The summed E-state index contributed by atoms with van der Waals surface area (Å²) in [6.07, 6.45) is 0.392. The highest BCUT2D eigenvalue weighted by atomic mass is 16.3. The zero-order valence-corrected chi connectivity index (χ0v) is 10.6. The average Bonchev–Trinajstić information content (AvgIpc) is 2.39. The monoisotopic (exact) mass is 247 g/mol. The summed E-state index contributed by atoms with van der Waals surface area (Å²) in [6.45, 7) is 1.27. The maximum atomic E-state index is 12.0. The van der Waals surface area contributed by atoms with Crippen molar-refractivity contribution in [3.05, 3.63) is 30.3 Å². The first-order valence-corrected chi connectivity index (χ1v) is 6.01. The van der Waals surface area contributed by atoms with Crippen molar-refractivity contribution in [1.29, 1.82) is 0 Å². The number of aliphatic hydroxyl groups is 1. The Hall–Kier alpha value is -1.68. The normalized spacial score (nSPS) is 26.6. The topological polar surface area (TPSA) is 57.6 Å². The third-order valence-corrected chi connectivity index (χ3v) is 3.87. The maximum Gasteiger partial charge on any atom is 0.191 e. The van der Waals surface area contributed by atoms with Gasteiger partial charge in [-0.3, -0.25) is 9.59 Å². The van der Waals surface area contributed by atoms with Crippen LogP contribution in [0.4, 0.5) is 5.69 Å². The molecule has 0 saturated heterocycles. The number of anilines is 1. The lowest BCUT2D eigenvalue weighted by atomic mass is 9.63. The fourth-order valence-electron chi connectivity index (χ4n) is 2.84. The summed E-state index contributed by atoms with van der Waals surface area (Å²) in [4.78, 5) is 25.7. The van der Waals surface area contributed by atoms with E-state index >= 15 is 0 Å². The summed E-state index contributed by atoms with van der Waals surface area (Å²) in [5.74, 6) is -0.604. The van der Waals surface area contributed by atoms with Gasteiger partial charge in [0.05, 0.1) is 0 Å². The number of hydrogen-bond donors (Lipinski definition) is 1. The van der Waals surface area contributed by atoms with Crippen LogP contribution in [0.5, 0.6) is 0 Å². The van der Waals surface area contributed by atoms with Crippen molar-refractivity contribution >= 4 is 17.3 Å². The highest BCUT2D eigenvalue weighted by molar-refractivity contribution is 6.19. The molecule has 2 unspecified atom stereocenters. The van der Waals surface area contributed by atoms with Crippen molar-refractivity contribution in [3.8, 4) is 0 Å². The zero-order valence-electron chi connectivity index (χ0n) is 10.6. The van der Waals surface area contributed by atoms with Gasteiger partial charge in [-0.15, -0.1) is 0 Å². The molecule has 0 amide bonds. The Bertz CT molecular complexity index is 471. The predicted octanol–water partition coefficient (Wildman–Crippen LogP) is 1.03. The fourth-order valence-corrected chi connectivity index (χ4v) is 2.84. The quantitative estimate of drug-likeness (QED) is 0.807. The lowest BCUT2D eigenvalue weighted by Crippen LogP contribution is -2.70. The SMILES string of the molecule is CC1CC(=O)C1(C(=O)CO)N(C)c1ccccc1. The summed E-state index contributed by atoms with van der Waals surface area (Å²) in [7, 11) is 1.73. The van der Waals surface area contributed by atoms with Crippen LogP contribution in [0.3, 0.4) is 0 Å². The van der Waals surface area contributed by atoms with Gasteiger partial charge in [0.1, 0.15) is 6.61 Å². The van der Waals surface area contributed by atoms with Gasteiger partial charge in [0.25, 0.3) is 0 Å². The van der Waals surface area contributed by atoms with Gasteiger partial charge in [-0.2, -0.15) is 0 Å². The zero-order chi connectivity index (χ0) is 13.3. The number of para-hydroxylation sites is 1. The van der Waals surface area contributed by atoms with Crippen molar-refractivity contribution in [2.75, 3.05) is 18.6 Å². The first-order chi connectivity index (χ1) is 8.55. The number of likely N-dealkylation sites (N-methyl/N-ethyl adjacent to an activating group) is 1. The molecule has 0 aromatic heterocycles. The van der Waals surface area contributed by atoms with Crippen molar-refractivity contribution < 1.29 is 14.7 Å². The van der Waals surface area contributed by atoms with Crippen LogP contribution in [0.2, 0.25) is 0 Å². The van der Waals surface area contributed by atoms with E-state index in [0.29, 0.717) is 6.42 Å². The third-order valence-electron chi connectivity index (χ3n) is 3.87. The van der Waals surface area contributed by atoms with Crippen LogP contribution < -0.4 is 4.90 Å². The predicted molar refractivity (Wildman–Crippen MR) is 68.5 cm³/mol. The lowest BCUT2D eigenvalue weighted by Gasteiger charge is -2.51. The van der Waals surface area contributed by atoms with E-state index in [-0.39, 0.29) is 11.7 Å². The van der Waals surface area contributed by atoms with E-state index in [9.17, 15) is 9.59 Å². The first kappa shape index (κ1) is 12.8. The number of Topliss-reactive ketones (excluding diaryl/α,β-unsaturated/α-hetero) is 2. The van der Waals surface area contributed by atoms with E-state index < -0.39 is 17.9 Å². The standard InChI is InChI=1S/C14H17NO3/c1-10-8-12(17)14(10,13(18)9-16)15(2)11-6-4-3-5-7-11/h3-7,10,16H,8-9H2,1-2H3. The van der Waals surface area contributed by atoms with E-state index in [4.69, 9.17) is 5.11 Å². The Morgan fingerprint density at radius 1 is 1.44 bits per heavy atom. The third kappa shape index (κ3) is 1.56. The summed E-state index contributed by atoms with van der Waals surface area (Å²) in [6, 6.07) is 9.30. The highest BCUT2D eigenvalue weighted by Crippen LogP contribution is 2.42. The maximum absolute atomic E-state index is 12.0. The Balaban J connectivity index is 2.43. The van der Waals surface area contributed by atoms with Crippen LogP contribution in [-0.4, -0.2) is 35.9 Å². The number of ketones is 2. The van der Waals surface area contributed by atoms with Crippen LogP contribution in [-0.2, 0) is 9.59 Å². The molecule has 0 heterocycles. The molecule has 1 N–H and O–H groups in total. The summed E-state index contributed by atoms with van der Waals surface area (Å²) in [5, 5.41) is 9.14. The number of rotatable bonds is 4. The molecule has 0 aliphatic heterocycles. The van der Waals surface area contributed by atoms with E-state index in [2.05, 4.69) is 0 Å². The minimum Gasteiger partial charge on any atom is -0.388 e. The number of aliphatic hydroxyl groups excluding tert-OH is 1. The van der Waals surface area contributed by atoms with Gasteiger partial charge in [0.15, 0.2) is 17.1 Å². The number of hydrogen-bond acceptors (Lipinski definition) is 4. The summed E-state index contributed by atoms with van der Waals surface area (Å²) in [5.41, 5.74) is -0.380. The molecule has 0 bridgehead atoms. The molecule has 1 fully saturated rings. The summed E-state index contributed by atoms with van der Waals surface area (Å²) >= 11 is 0. The number of carbonyl (C=O) groups is 2. The average molecular weight is 247 g/mol. The van der Waals surface area contributed by atoms with E-state index in [1.54, 1.807) is 11.9 Å². The molecule has 1 aromatic rings. The molecule has 18 heavy (non-hydrogen) atoms. The van der Waals surface area contributed by atoms with E-state index in [1.165, 1.54) is 0 Å². The molecule has 1 aromatic carbocycles. The second kappa shape index (κ2) is 4.53. The first-order valence-electron chi connectivity index (χ1n) is 6.01. The second-order valence-corrected chi connectivity index (χ2v) is 4.77. The highest BCUT2D eigenvalue weighted by Gasteiger charge is 2.60. The molecule has 2 atom stereocenters. The van der Waals surface area contributed by atoms with Crippen LogP contribution in [0, 0.1) is 5.92 Å². The van der Waals surface area contributed by atoms with Crippen LogP contribution in [0.1, 0.15) is 13.3 Å². The van der Waals surface area contributed by atoms with Crippen molar-refractivity contribution in [2.24, 2.45) is 5.92 Å². The molecule has 1 aliphatic rings. The number of nitrogens with zero attached hydrogens (tertiary/aromatic N) is 1. The minimum absolute atomic E-state index is 0.0742. The Morgan fingerprint density at radius 3 is 2.50 bits per heavy atom. The lowest BCUT2D eigenvalue weighted by molar-refractivity contribution is -0.147. The van der Waals surface area contributed by atoms with Crippen LogP contribution >= 0.6 is 0 Å². The molecule has 4 heteroatoms. The van der Waals surface area contributed by atoms with Gasteiger partial charge < -0.3 is 10.0 Å². The molecule has 1 saturated carbocycles. The van der Waals surface area contributed by atoms with Gasteiger partial charge in [-0.05, 0) is 12.1 Å². The van der Waals surface area contributed by atoms with Gasteiger partial charge in [-0.1, -0.05) is 25.1 Å². The molecule has 1 aliphatic carbocycles. The van der Waals surface area contributed by atoms with Crippen molar-refractivity contribution in [2.45, 2.75) is 18.9 Å². The van der Waals surface area contributed by atoms with E-state index in [0.717, 1.165) is 5.69 Å². The fraction of sp³-hybridized carbons (Fsp3) is 0.429. The minimum atomic E-state index is -1.18.